The fraction of sp³-hybridized carbons (Fsp3) is 0.381. The van der Waals surface area contributed by atoms with Gasteiger partial charge in [-0.3, -0.25) is 9.59 Å². The lowest BCUT2D eigenvalue weighted by molar-refractivity contribution is 0.102. The van der Waals surface area contributed by atoms with E-state index in [9.17, 15) is 9.59 Å². The first kappa shape index (κ1) is 17.5. The Morgan fingerprint density at radius 3 is 2.85 bits per heavy atom. The number of fused-ring (bicyclic) bond motifs is 2. The van der Waals surface area contributed by atoms with E-state index in [1.165, 1.54) is 0 Å². The Balaban J connectivity index is 1.63. The Morgan fingerprint density at radius 1 is 1.22 bits per heavy atom. The maximum absolute atomic E-state index is 12.7. The van der Waals surface area contributed by atoms with E-state index in [0.717, 1.165) is 66.6 Å². The summed E-state index contributed by atoms with van der Waals surface area (Å²) in [5.74, 6) is 0.616. The van der Waals surface area contributed by atoms with Gasteiger partial charge in [-0.1, -0.05) is 13.3 Å². The molecular weight excluding hydrogens is 340 g/mol. The number of rotatable bonds is 3. The molecule has 0 bridgehead atoms. The number of nitrogens with one attached hydrogen (secondary N) is 2. The SMILES string of the molecule is CCc1nc2cc(NC(=O)c3cc4c([nH]c3=O)CCCCC4)ccc2n1C. The molecule has 1 aliphatic carbocycles. The highest BCUT2D eigenvalue weighted by molar-refractivity contribution is 6.04. The molecular formula is C21H24N4O2. The number of H-pyrrole nitrogens is 1. The van der Waals surface area contributed by atoms with Crippen LogP contribution in [-0.2, 0) is 26.3 Å². The van der Waals surface area contributed by atoms with E-state index >= 15 is 0 Å². The van der Waals surface area contributed by atoms with Gasteiger partial charge in [-0.15, -0.1) is 0 Å². The minimum atomic E-state index is -0.380. The quantitative estimate of drug-likeness (QED) is 0.700. The van der Waals surface area contributed by atoms with Gasteiger partial charge in [0, 0.05) is 24.8 Å². The fourth-order valence-electron chi connectivity index (χ4n) is 3.86. The second kappa shape index (κ2) is 7.02. The first-order chi connectivity index (χ1) is 13.1. The molecule has 0 aliphatic heterocycles. The van der Waals surface area contributed by atoms with Crippen molar-refractivity contribution < 1.29 is 4.79 Å². The van der Waals surface area contributed by atoms with Gasteiger partial charge in [0.15, 0.2) is 0 Å². The Kier molecular flexibility index (Phi) is 4.56. The van der Waals surface area contributed by atoms with Gasteiger partial charge in [-0.05, 0) is 55.5 Å². The lowest BCUT2D eigenvalue weighted by Gasteiger charge is -2.09. The monoisotopic (exact) mass is 364 g/mol. The van der Waals surface area contributed by atoms with Gasteiger partial charge < -0.3 is 14.9 Å². The summed E-state index contributed by atoms with van der Waals surface area (Å²) < 4.78 is 2.05. The molecule has 0 fully saturated rings. The van der Waals surface area contributed by atoms with Gasteiger partial charge in [-0.2, -0.15) is 0 Å². The molecule has 0 atom stereocenters. The van der Waals surface area contributed by atoms with E-state index in [1.54, 1.807) is 6.07 Å². The van der Waals surface area contributed by atoms with Gasteiger partial charge in [0.1, 0.15) is 11.4 Å². The zero-order chi connectivity index (χ0) is 19.0. The second-order valence-electron chi connectivity index (χ2n) is 7.17. The summed E-state index contributed by atoms with van der Waals surface area (Å²) in [6, 6.07) is 7.41. The zero-order valence-electron chi connectivity index (χ0n) is 15.8. The normalized spacial score (nSPS) is 14.0. The molecule has 0 unspecified atom stereocenters. The van der Waals surface area contributed by atoms with Crippen molar-refractivity contribution in [3.63, 3.8) is 0 Å². The third-order valence-corrected chi connectivity index (χ3v) is 5.38. The van der Waals surface area contributed by atoms with Crippen molar-refractivity contribution >= 4 is 22.6 Å². The molecule has 0 spiro atoms. The van der Waals surface area contributed by atoms with E-state index in [2.05, 4.69) is 26.8 Å². The van der Waals surface area contributed by atoms with E-state index < -0.39 is 0 Å². The van der Waals surface area contributed by atoms with Crippen LogP contribution in [0.15, 0.2) is 29.1 Å². The standard InChI is InChI=1S/C21H24N4O2/c1-3-19-23-17-12-14(9-10-18(17)25(19)2)22-20(26)15-11-13-7-5-4-6-8-16(13)24-21(15)27/h9-12H,3-8H2,1-2H3,(H,22,26)(H,24,27). The van der Waals surface area contributed by atoms with Crippen LogP contribution >= 0.6 is 0 Å². The van der Waals surface area contributed by atoms with E-state index in [1.807, 2.05) is 25.2 Å². The number of imidazole rings is 1. The molecule has 2 heterocycles. The van der Waals surface area contributed by atoms with Gasteiger partial charge in [0.05, 0.1) is 11.0 Å². The third-order valence-electron chi connectivity index (χ3n) is 5.38. The predicted molar refractivity (Wildman–Crippen MR) is 106 cm³/mol. The molecule has 0 saturated heterocycles. The van der Waals surface area contributed by atoms with Crippen LogP contribution in [0.5, 0.6) is 0 Å². The number of pyridine rings is 1. The summed E-state index contributed by atoms with van der Waals surface area (Å²) in [5.41, 5.74) is 4.42. The van der Waals surface area contributed by atoms with Crippen LogP contribution in [0.1, 0.15) is 53.6 Å². The van der Waals surface area contributed by atoms with E-state index in [4.69, 9.17) is 0 Å². The van der Waals surface area contributed by atoms with Crippen LogP contribution in [0.2, 0.25) is 0 Å². The van der Waals surface area contributed by atoms with Crippen LogP contribution in [0.4, 0.5) is 5.69 Å². The van der Waals surface area contributed by atoms with Gasteiger partial charge in [0.25, 0.3) is 11.5 Å². The van der Waals surface area contributed by atoms with Crippen molar-refractivity contribution in [1.29, 1.82) is 0 Å². The molecule has 2 aromatic heterocycles. The number of carbonyl (C=O) groups is 1. The summed E-state index contributed by atoms with van der Waals surface area (Å²) in [6.07, 6.45) is 5.96. The number of nitrogens with zero attached hydrogens (tertiary/aromatic N) is 2. The smallest absolute Gasteiger partial charge is 0.261 e. The summed E-state index contributed by atoms with van der Waals surface area (Å²) in [4.78, 5) is 32.6. The minimum Gasteiger partial charge on any atom is -0.331 e. The first-order valence-electron chi connectivity index (χ1n) is 9.58. The van der Waals surface area contributed by atoms with Crippen LogP contribution in [0.25, 0.3) is 11.0 Å². The lowest BCUT2D eigenvalue weighted by atomic mass is 10.1. The Labute approximate surface area is 157 Å². The molecule has 3 aromatic rings. The molecule has 0 saturated carbocycles. The highest BCUT2D eigenvalue weighted by Gasteiger charge is 2.17. The molecule has 140 valence electrons. The van der Waals surface area contributed by atoms with Crippen LogP contribution in [0.3, 0.4) is 0 Å². The highest BCUT2D eigenvalue weighted by Crippen LogP contribution is 2.21. The summed E-state index contributed by atoms with van der Waals surface area (Å²) in [7, 11) is 1.99. The minimum absolute atomic E-state index is 0.172. The van der Waals surface area contributed by atoms with Gasteiger partial charge >= 0.3 is 0 Å². The largest absolute Gasteiger partial charge is 0.331 e. The number of aromatic nitrogens is 3. The van der Waals surface area contributed by atoms with Crippen LogP contribution < -0.4 is 10.9 Å². The van der Waals surface area contributed by atoms with Crippen molar-refractivity contribution in [2.24, 2.45) is 7.05 Å². The number of benzene rings is 1. The summed E-state index contributed by atoms with van der Waals surface area (Å²) >= 11 is 0. The molecule has 2 N–H and O–H groups in total. The molecule has 1 aromatic carbocycles. The highest BCUT2D eigenvalue weighted by atomic mass is 16.2. The fourth-order valence-corrected chi connectivity index (χ4v) is 3.86. The number of aromatic amines is 1. The number of anilines is 1. The van der Waals surface area contributed by atoms with E-state index in [0.29, 0.717) is 5.69 Å². The number of hydrogen-bond acceptors (Lipinski definition) is 3. The van der Waals surface area contributed by atoms with Crippen molar-refractivity contribution in [3.05, 3.63) is 57.3 Å². The number of amides is 1. The van der Waals surface area contributed by atoms with Crippen molar-refractivity contribution in [2.75, 3.05) is 5.32 Å². The Bertz CT molecular complexity index is 1080. The first-order valence-corrected chi connectivity index (χ1v) is 9.58. The summed E-state index contributed by atoms with van der Waals surface area (Å²) in [6.45, 7) is 2.06. The third kappa shape index (κ3) is 3.27. The Hall–Kier alpha value is -2.89. The number of aryl methyl sites for hydroxylation is 4. The van der Waals surface area contributed by atoms with Gasteiger partial charge in [-0.25, -0.2) is 4.98 Å². The topological polar surface area (TPSA) is 79.8 Å². The zero-order valence-corrected chi connectivity index (χ0v) is 15.8. The maximum atomic E-state index is 12.7. The molecule has 1 amide bonds. The maximum Gasteiger partial charge on any atom is 0.261 e. The average molecular weight is 364 g/mol. The van der Waals surface area contributed by atoms with Crippen LogP contribution in [0, 0.1) is 0 Å². The van der Waals surface area contributed by atoms with Crippen LogP contribution in [-0.4, -0.2) is 20.4 Å². The molecule has 4 rings (SSSR count). The molecule has 0 radical (unpaired) electrons. The summed E-state index contributed by atoms with van der Waals surface area (Å²) in [5, 5.41) is 2.85. The second-order valence-corrected chi connectivity index (χ2v) is 7.17. The predicted octanol–water partition coefficient (Wildman–Crippen LogP) is 3.35. The van der Waals surface area contributed by atoms with Crippen molar-refractivity contribution in [3.8, 4) is 0 Å². The van der Waals surface area contributed by atoms with Crippen molar-refractivity contribution in [1.82, 2.24) is 14.5 Å². The average Bonchev–Trinajstić information content (AvgIpc) is 2.82. The Morgan fingerprint density at radius 2 is 2.04 bits per heavy atom. The number of hydrogen-bond donors (Lipinski definition) is 2. The molecule has 1 aliphatic rings. The van der Waals surface area contributed by atoms with Gasteiger partial charge in [0.2, 0.25) is 0 Å². The van der Waals surface area contributed by atoms with Crippen molar-refractivity contribution in [2.45, 2.75) is 45.4 Å². The lowest BCUT2D eigenvalue weighted by Crippen LogP contribution is -2.25. The molecule has 6 nitrogen and oxygen atoms in total. The number of carbonyl (C=O) groups excluding carboxylic acids is 1. The molecule has 6 heteroatoms. The van der Waals surface area contributed by atoms with E-state index in [-0.39, 0.29) is 17.0 Å². The molecule has 27 heavy (non-hydrogen) atoms.